The van der Waals surface area contributed by atoms with Crippen LogP contribution in [0.4, 0.5) is 0 Å². The van der Waals surface area contributed by atoms with Gasteiger partial charge in [0.15, 0.2) is 0 Å². The van der Waals surface area contributed by atoms with Gasteiger partial charge in [0.25, 0.3) is 0 Å². The summed E-state index contributed by atoms with van der Waals surface area (Å²) in [5, 5.41) is 12.2. The lowest BCUT2D eigenvalue weighted by atomic mass is 9.97. The highest BCUT2D eigenvalue weighted by atomic mass is 16.4. The predicted molar refractivity (Wildman–Crippen MR) is 68.7 cm³/mol. The fraction of sp³-hybridized carbons (Fsp3) is 0.357. The van der Waals surface area contributed by atoms with E-state index in [9.17, 15) is 9.90 Å². The van der Waals surface area contributed by atoms with Crippen LogP contribution in [0.1, 0.15) is 18.9 Å². The van der Waals surface area contributed by atoms with Crippen LogP contribution in [0.15, 0.2) is 43.0 Å². The van der Waals surface area contributed by atoms with E-state index in [0.717, 1.165) is 12.0 Å². The third kappa shape index (κ3) is 4.04. The molecular weight excluding hydrogens is 214 g/mol. The summed E-state index contributed by atoms with van der Waals surface area (Å²) in [5.41, 5.74) is 1.08. The van der Waals surface area contributed by atoms with Gasteiger partial charge in [-0.15, -0.1) is 6.58 Å². The molecule has 0 radical (unpaired) electrons. The van der Waals surface area contributed by atoms with E-state index in [0.29, 0.717) is 6.54 Å². The number of hydrogen-bond acceptors (Lipinski definition) is 2. The minimum atomic E-state index is -0.826. The number of rotatable bonds is 7. The van der Waals surface area contributed by atoms with Crippen molar-refractivity contribution in [3.63, 3.8) is 0 Å². The number of aliphatic carboxylic acids is 1. The van der Waals surface area contributed by atoms with Crippen LogP contribution in [0.25, 0.3) is 0 Å². The Morgan fingerprint density at radius 1 is 1.47 bits per heavy atom. The van der Waals surface area contributed by atoms with Gasteiger partial charge >= 0.3 is 5.97 Å². The zero-order valence-corrected chi connectivity index (χ0v) is 10.1. The topological polar surface area (TPSA) is 49.3 Å². The van der Waals surface area contributed by atoms with Crippen LogP contribution in [0, 0.1) is 5.92 Å². The number of benzene rings is 1. The molecule has 0 saturated carbocycles. The zero-order chi connectivity index (χ0) is 12.7. The van der Waals surface area contributed by atoms with Crippen LogP contribution in [-0.4, -0.2) is 17.1 Å². The van der Waals surface area contributed by atoms with Crippen molar-refractivity contribution in [3.05, 3.63) is 48.6 Å². The van der Waals surface area contributed by atoms with Crippen molar-refractivity contribution in [1.82, 2.24) is 5.32 Å². The van der Waals surface area contributed by atoms with Gasteiger partial charge in [-0.1, -0.05) is 43.3 Å². The predicted octanol–water partition coefficient (Wildman–Crippen LogP) is 2.44. The smallest absolute Gasteiger partial charge is 0.321 e. The fourth-order valence-electron chi connectivity index (χ4n) is 1.78. The number of carboxylic acid groups (broad SMARTS) is 1. The van der Waals surface area contributed by atoms with E-state index in [-0.39, 0.29) is 5.92 Å². The molecule has 0 aliphatic heterocycles. The van der Waals surface area contributed by atoms with Gasteiger partial charge in [-0.2, -0.15) is 0 Å². The molecule has 3 heteroatoms. The van der Waals surface area contributed by atoms with E-state index < -0.39 is 12.0 Å². The van der Waals surface area contributed by atoms with Crippen molar-refractivity contribution in [1.29, 1.82) is 0 Å². The summed E-state index contributed by atoms with van der Waals surface area (Å²) in [5.74, 6) is -0.871. The van der Waals surface area contributed by atoms with Crippen molar-refractivity contribution in [2.45, 2.75) is 25.9 Å². The van der Waals surface area contributed by atoms with Crippen LogP contribution in [-0.2, 0) is 11.3 Å². The monoisotopic (exact) mass is 233 g/mol. The first kappa shape index (κ1) is 13.5. The molecule has 0 unspecified atom stereocenters. The van der Waals surface area contributed by atoms with Gasteiger partial charge in [-0.05, 0) is 12.0 Å². The molecule has 0 heterocycles. The Labute approximate surface area is 102 Å². The molecule has 2 N–H and O–H groups in total. The second-order valence-corrected chi connectivity index (χ2v) is 3.99. The minimum absolute atomic E-state index is 0.0452. The van der Waals surface area contributed by atoms with E-state index >= 15 is 0 Å². The second-order valence-electron chi connectivity index (χ2n) is 3.99. The zero-order valence-electron chi connectivity index (χ0n) is 10.1. The molecule has 2 atom stereocenters. The van der Waals surface area contributed by atoms with E-state index in [1.165, 1.54) is 0 Å². The quantitative estimate of drug-likeness (QED) is 0.711. The Kier molecular flexibility index (Phi) is 5.43. The fourth-order valence-corrected chi connectivity index (χ4v) is 1.78. The van der Waals surface area contributed by atoms with Gasteiger partial charge < -0.3 is 5.11 Å². The Hall–Kier alpha value is -1.61. The average Bonchev–Trinajstić information content (AvgIpc) is 2.35. The molecule has 0 saturated heterocycles. The molecule has 3 nitrogen and oxygen atoms in total. The number of carbonyl (C=O) groups is 1. The van der Waals surface area contributed by atoms with Crippen LogP contribution in [0.3, 0.4) is 0 Å². The first-order valence-corrected chi connectivity index (χ1v) is 5.81. The summed E-state index contributed by atoms with van der Waals surface area (Å²) in [4.78, 5) is 11.2. The first-order chi connectivity index (χ1) is 8.19. The summed E-state index contributed by atoms with van der Waals surface area (Å²) in [6.45, 7) is 6.21. The van der Waals surface area contributed by atoms with Gasteiger partial charge in [0.2, 0.25) is 0 Å². The van der Waals surface area contributed by atoms with Gasteiger partial charge in [-0.3, -0.25) is 10.1 Å². The van der Waals surface area contributed by atoms with E-state index in [4.69, 9.17) is 0 Å². The van der Waals surface area contributed by atoms with Crippen molar-refractivity contribution >= 4 is 5.97 Å². The molecule has 0 aromatic heterocycles. The Balaban J connectivity index is 2.62. The number of nitrogens with one attached hydrogen (secondary N) is 1. The summed E-state index contributed by atoms with van der Waals surface area (Å²) in [6.07, 6.45) is 2.47. The molecule has 0 aliphatic rings. The van der Waals surface area contributed by atoms with Crippen LogP contribution < -0.4 is 5.32 Å². The molecule has 1 aromatic rings. The minimum Gasteiger partial charge on any atom is -0.480 e. The second kappa shape index (κ2) is 6.86. The largest absolute Gasteiger partial charge is 0.480 e. The molecule has 92 valence electrons. The lowest BCUT2D eigenvalue weighted by molar-refractivity contribution is -0.140. The van der Waals surface area contributed by atoms with Crippen molar-refractivity contribution in [2.24, 2.45) is 5.92 Å². The van der Waals surface area contributed by atoms with Crippen LogP contribution in [0.2, 0.25) is 0 Å². The van der Waals surface area contributed by atoms with Crippen molar-refractivity contribution in [3.8, 4) is 0 Å². The number of hydrogen-bond donors (Lipinski definition) is 2. The molecule has 1 aromatic carbocycles. The average molecular weight is 233 g/mol. The van der Waals surface area contributed by atoms with Gasteiger partial charge in [0, 0.05) is 12.5 Å². The standard InChI is InChI=1S/C14H19NO2/c1-3-12(4-2)13(14(16)17)15-10-11-8-6-5-7-9-11/h3,5-9,12-13,15H,1,4,10H2,2H3,(H,16,17)/t12-,13+/m1/s1. The normalized spacial score (nSPS) is 13.9. The summed E-state index contributed by atoms with van der Waals surface area (Å²) in [7, 11) is 0. The molecule has 17 heavy (non-hydrogen) atoms. The van der Waals surface area contributed by atoms with Gasteiger partial charge in [0.1, 0.15) is 6.04 Å². The van der Waals surface area contributed by atoms with E-state index in [2.05, 4.69) is 11.9 Å². The lowest BCUT2D eigenvalue weighted by Gasteiger charge is -2.20. The maximum atomic E-state index is 11.2. The highest BCUT2D eigenvalue weighted by Gasteiger charge is 2.23. The Morgan fingerprint density at radius 2 is 2.12 bits per heavy atom. The summed E-state index contributed by atoms with van der Waals surface area (Å²) < 4.78 is 0. The molecule has 1 rings (SSSR count). The van der Waals surface area contributed by atoms with Gasteiger partial charge in [0.05, 0.1) is 0 Å². The summed E-state index contributed by atoms with van der Waals surface area (Å²) >= 11 is 0. The molecule has 0 amide bonds. The Morgan fingerprint density at radius 3 is 2.59 bits per heavy atom. The third-order valence-electron chi connectivity index (χ3n) is 2.84. The third-order valence-corrected chi connectivity index (χ3v) is 2.84. The van der Waals surface area contributed by atoms with Crippen molar-refractivity contribution < 1.29 is 9.90 Å². The summed E-state index contributed by atoms with van der Waals surface area (Å²) in [6, 6.07) is 9.20. The highest BCUT2D eigenvalue weighted by molar-refractivity contribution is 5.74. The molecule has 0 fully saturated rings. The van der Waals surface area contributed by atoms with Crippen LogP contribution in [0.5, 0.6) is 0 Å². The van der Waals surface area contributed by atoms with E-state index in [1.807, 2.05) is 37.3 Å². The molecular formula is C14H19NO2. The molecule has 0 aliphatic carbocycles. The van der Waals surface area contributed by atoms with Crippen LogP contribution >= 0.6 is 0 Å². The highest BCUT2D eigenvalue weighted by Crippen LogP contribution is 2.11. The maximum Gasteiger partial charge on any atom is 0.321 e. The van der Waals surface area contributed by atoms with Crippen molar-refractivity contribution in [2.75, 3.05) is 0 Å². The first-order valence-electron chi connectivity index (χ1n) is 5.81. The lowest BCUT2D eigenvalue weighted by Crippen LogP contribution is -2.41. The maximum absolute atomic E-state index is 11.2. The number of carboxylic acids is 1. The Bertz CT molecular complexity index is 362. The SMILES string of the molecule is C=C[C@H](CC)[C@H](NCc1ccccc1)C(=O)O. The molecule has 0 spiro atoms. The van der Waals surface area contributed by atoms with Gasteiger partial charge in [-0.25, -0.2) is 0 Å². The van der Waals surface area contributed by atoms with E-state index in [1.54, 1.807) is 6.08 Å². The molecule has 0 bridgehead atoms.